The smallest absolute Gasteiger partial charge is 0.0570 e. The van der Waals surface area contributed by atoms with E-state index >= 15 is 0 Å². The highest BCUT2D eigenvalue weighted by molar-refractivity contribution is 4.91. The minimum absolute atomic E-state index is 0.181. The third-order valence-electron chi connectivity index (χ3n) is 1.18. The first-order valence-corrected chi connectivity index (χ1v) is 2.15. The average molecular weight is 106 g/mol. The highest BCUT2D eigenvalue weighted by atomic mass is 16.3. The first-order valence-electron chi connectivity index (χ1n) is 4.15. The maximum Gasteiger partial charge on any atom is 0.0570 e. The third-order valence-corrected chi connectivity index (χ3v) is 1.18. The summed E-state index contributed by atoms with van der Waals surface area (Å²) >= 11 is 0. The minimum Gasteiger partial charge on any atom is -0.396 e. The summed E-state index contributed by atoms with van der Waals surface area (Å²) < 4.78 is 27.5. The molecular formula is C5H10O2. The Kier molecular flexibility index (Phi) is 0.423. The molecule has 0 aromatic heterocycles. The Bertz CT molecular complexity index is 148. The van der Waals surface area contributed by atoms with E-state index in [0.29, 0.717) is 0 Å². The van der Waals surface area contributed by atoms with Gasteiger partial charge in [-0.3, -0.25) is 0 Å². The van der Waals surface area contributed by atoms with Crippen LogP contribution in [0.15, 0.2) is 0 Å². The lowest BCUT2D eigenvalue weighted by Gasteiger charge is -2.02. The average Bonchev–Trinajstić information content (AvgIpc) is 2.31. The fourth-order valence-electron chi connectivity index (χ4n) is 0.374. The normalized spacial score (nSPS) is 37.4. The molecule has 1 aliphatic rings. The molecule has 0 atom stereocenters. The van der Waals surface area contributed by atoms with Crippen LogP contribution in [0.2, 0.25) is 0 Å². The summed E-state index contributed by atoms with van der Waals surface area (Å²) in [6, 6.07) is 0. The topological polar surface area (TPSA) is 40.5 Å². The van der Waals surface area contributed by atoms with E-state index in [1.807, 2.05) is 0 Å². The van der Waals surface area contributed by atoms with Crippen LogP contribution in [0.5, 0.6) is 0 Å². The van der Waals surface area contributed by atoms with Gasteiger partial charge < -0.3 is 10.2 Å². The van der Waals surface area contributed by atoms with Gasteiger partial charge in [-0.1, -0.05) is 0 Å². The SMILES string of the molecule is [2H]C([2H])(O)C1(C([2H])([2H])O)CC1. The van der Waals surface area contributed by atoms with Crippen LogP contribution < -0.4 is 0 Å². The Balaban J connectivity index is 2.85. The lowest BCUT2D eigenvalue weighted by Crippen LogP contribution is -2.10. The third kappa shape index (κ3) is 0.763. The Labute approximate surface area is 48.4 Å². The van der Waals surface area contributed by atoms with Crippen molar-refractivity contribution in [2.75, 3.05) is 13.1 Å². The summed E-state index contributed by atoms with van der Waals surface area (Å²) in [7, 11) is 0. The van der Waals surface area contributed by atoms with Gasteiger partial charge in [0.15, 0.2) is 0 Å². The predicted octanol–water partition coefficient (Wildman–Crippen LogP) is -0.249. The summed E-state index contributed by atoms with van der Waals surface area (Å²) in [6.45, 7) is -5.27. The van der Waals surface area contributed by atoms with Crippen LogP contribution in [0, 0.1) is 5.41 Å². The molecule has 0 amide bonds. The van der Waals surface area contributed by atoms with Gasteiger partial charge in [-0.05, 0) is 12.8 Å². The van der Waals surface area contributed by atoms with Crippen LogP contribution in [-0.4, -0.2) is 23.3 Å². The van der Waals surface area contributed by atoms with Crippen LogP contribution in [-0.2, 0) is 0 Å². The zero-order valence-corrected chi connectivity index (χ0v) is 3.81. The molecule has 2 nitrogen and oxygen atoms in total. The molecule has 0 radical (unpaired) electrons. The molecule has 42 valence electrons. The second-order valence-electron chi connectivity index (χ2n) is 1.81. The molecular weight excluding hydrogens is 92.1 g/mol. The summed E-state index contributed by atoms with van der Waals surface area (Å²) in [5.41, 5.74) is -1.60. The molecule has 2 N–H and O–H groups in total. The molecule has 0 bridgehead atoms. The van der Waals surface area contributed by atoms with Crippen LogP contribution in [0.4, 0.5) is 0 Å². The van der Waals surface area contributed by atoms with Crippen molar-refractivity contribution in [3.05, 3.63) is 0 Å². The maximum atomic E-state index is 8.88. The first kappa shape index (κ1) is 2.03. The van der Waals surface area contributed by atoms with E-state index in [0.717, 1.165) is 0 Å². The summed E-state index contributed by atoms with van der Waals surface area (Å²) in [6.07, 6.45) is 0.361. The standard InChI is InChI=1S/C5H10O2/c6-3-5(4-7)1-2-5/h6-7H,1-4H2/i3D2,4D2. The zero-order chi connectivity index (χ0) is 8.91. The second kappa shape index (κ2) is 1.46. The summed E-state index contributed by atoms with van der Waals surface area (Å²) in [5.74, 6) is 0. The Hall–Kier alpha value is -0.0800. The largest absolute Gasteiger partial charge is 0.396 e. The molecule has 1 fully saturated rings. The number of hydrogen-bond donors (Lipinski definition) is 2. The highest BCUT2D eigenvalue weighted by Crippen LogP contribution is 2.43. The Morgan fingerprint density at radius 2 is 1.86 bits per heavy atom. The fraction of sp³-hybridized carbons (Fsp3) is 1.00. The van der Waals surface area contributed by atoms with E-state index in [-0.39, 0.29) is 12.8 Å². The lowest BCUT2D eigenvalue weighted by atomic mass is 10.1. The number of aliphatic hydroxyl groups is 2. The molecule has 0 heterocycles. The second-order valence-corrected chi connectivity index (χ2v) is 1.81. The Morgan fingerprint density at radius 1 is 1.43 bits per heavy atom. The van der Waals surface area contributed by atoms with Gasteiger partial charge in [-0.15, -0.1) is 0 Å². The van der Waals surface area contributed by atoms with Crippen molar-refractivity contribution >= 4 is 0 Å². The van der Waals surface area contributed by atoms with Gasteiger partial charge in [-0.25, -0.2) is 0 Å². The van der Waals surface area contributed by atoms with Gasteiger partial charge in [0.05, 0.1) is 18.6 Å². The van der Waals surface area contributed by atoms with Gasteiger partial charge in [0.25, 0.3) is 0 Å². The fourth-order valence-corrected chi connectivity index (χ4v) is 0.374. The van der Waals surface area contributed by atoms with E-state index in [2.05, 4.69) is 0 Å². The van der Waals surface area contributed by atoms with Crippen molar-refractivity contribution in [2.24, 2.45) is 5.41 Å². The van der Waals surface area contributed by atoms with E-state index in [4.69, 9.17) is 15.7 Å². The van der Waals surface area contributed by atoms with Gasteiger partial charge >= 0.3 is 0 Å². The molecule has 7 heavy (non-hydrogen) atoms. The van der Waals surface area contributed by atoms with E-state index < -0.39 is 18.5 Å². The molecule has 1 rings (SSSR count). The van der Waals surface area contributed by atoms with Gasteiger partial charge in [-0.2, -0.15) is 0 Å². The zero-order valence-electron chi connectivity index (χ0n) is 7.81. The highest BCUT2D eigenvalue weighted by Gasteiger charge is 2.41. The van der Waals surface area contributed by atoms with Crippen molar-refractivity contribution in [3.8, 4) is 0 Å². The first-order chi connectivity index (χ1) is 4.71. The summed E-state index contributed by atoms with van der Waals surface area (Å²) in [5, 5.41) is 17.8. The molecule has 0 unspecified atom stereocenters. The van der Waals surface area contributed by atoms with E-state index in [9.17, 15) is 0 Å². The van der Waals surface area contributed by atoms with Gasteiger partial charge in [0, 0.05) is 5.41 Å². The van der Waals surface area contributed by atoms with E-state index in [1.54, 1.807) is 0 Å². The van der Waals surface area contributed by atoms with Crippen LogP contribution in [0.3, 0.4) is 0 Å². The quantitative estimate of drug-likeness (QED) is 0.509. The molecule has 0 aromatic carbocycles. The van der Waals surface area contributed by atoms with Crippen LogP contribution in [0.1, 0.15) is 18.3 Å². The molecule has 0 aromatic rings. The monoisotopic (exact) mass is 106 g/mol. The summed E-state index contributed by atoms with van der Waals surface area (Å²) in [4.78, 5) is 0. The van der Waals surface area contributed by atoms with Crippen molar-refractivity contribution in [1.29, 1.82) is 0 Å². The Morgan fingerprint density at radius 3 is 1.86 bits per heavy atom. The van der Waals surface area contributed by atoms with Crippen LogP contribution in [0.25, 0.3) is 0 Å². The molecule has 0 aliphatic heterocycles. The molecule has 0 saturated heterocycles. The molecule has 1 saturated carbocycles. The number of rotatable bonds is 2. The molecule has 0 spiro atoms. The minimum atomic E-state index is -2.63. The maximum absolute atomic E-state index is 8.88. The number of hydrogen-bond acceptors (Lipinski definition) is 2. The van der Waals surface area contributed by atoms with Crippen LogP contribution >= 0.6 is 0 Å². The van der Waals surface area contributed by atoms with Crippen molar-refractivity contribution in [3.63, 3.8) is 0 Å². The van der Waals surface area contributed by atoms with E-state index in [1.165, 1.54) is 0 Å². The molecule has 1 aliphatic carbocycles. The van der Waals surface area contributed by atoms with Crippen molar-refractivity contribution < 1.29 is 15.7 Å². The van der Waals surface area contributed by atoms with Gasteiger partial charge in [0.1, 0.15) is 0 Å². The van der Waals surface area contributed by atoms with Crippen molar-refractivity contribution in [1.82, 2.24) is 0 Å². The van der Waals surface area contributed by atoms with Gasteiger partial charge in [0.2, 0.25) is 0 Å². The predicted molar refractivity (Wildman–Crippen MR) is 25.8 cm³/mol. The molecule has 2 heteroatoms. The lowest BCUT2D eigenvalue weighted by molar-refractivity contribution is 0.134. The van der Waals surface area contributed by atoms with Crippen molar-refractivity contribution in [2.45, 2.75) is 12.8 Å².